The summed E-state index contributed by atoms with van der Waals surface area (Å²) in [7, 11) is 2.91. The maximum Gasteiger partial charge on any atom is 0.369 e. The smallest absolute Gasteiger partial charge is 0.369 e. The molecule has 1 N–H and O–H groups in total. The molecular formula is C17H15Cl2N5O4. The predicted octanol–water partition coefficient (Wildman–Crippen LogP) is 2.39. The third-order valence-corrected chi connectivity index (χ3v) is 4.38. The molecule has 28 heavy (non-hydrogen) atoms. The number of anilines is 1. The molecule has 11 heteroatoms. The standard InChI is InChI=1S/C17H15Cl2N5O4/c1-27-14-8-15(28-2)12(7-11(14)19)20-16(25)9-23-17(26)24(22-21-23)13-6-4-3-5-10(13)18/h3-8H,9H2,1-2H3,(H,20,25). The summed E-state index contributed by atoms with van der Waals surface area (Å²) in [5.74, 6) is 0.227. The summed E-state index contributed by atoms with van der Waals surface area (Å²) in [6.07, 6.45) is 0. The molecule has 0 spiro atoms. The van der Waals surface area contributed by atoms with Crippen molar-refractivity contribution in [1.29, 1.82) is 0 Å². The molecule has 1 amide bonds. The van der Waals surface area contributed by atoms with Crippen LogP contribution in [-0.4, -0.2) is 39.9 Å². The number of carbonyl (C=O) groups is 1. The number of tetrazole rings is 1. The summed E-state index contributed by atoms with van der Waals surface area (Å²) < 4.78 is 12.3. The lowest BCUT2D eigenvalue weighted by molar-refractivity contribution is -0.117. The Morgan fingerprint density at radius 3 is 2.46 bits per heavy atom. The molecule has 9 nitrogen and oxygen atoms in total. The highest BCUT2D eigenvalue weighted by Crippen LogP contribution is 2.35. The van der Waals surface area contributed by atoms with Crippen LogP contribution in [0.3, 0.4) is 0 Å². The van der Waals surface area contributed by atoms with Crippen LogP contribution in [0.1, 0.15) is 0 Å². The molecular weight excluding hydrogens is 409 g/mol. The topological polar surface area (TPSA) is 100 Å². The van der Waals surface area contributed by atoms with Gasteiger partial charge in [0, 0.05) is 6.07 Å². The van der Waals surface area contributed by atoms with E-state index >= 15 is 0 Å². The van der Waals surface area contributed by atoms with Crippen molar-refractivity contribution < 1.29 is 14.3 Å². The van der Waals surface area contributed by atoms with Crippen molar-refractivity contribution in [2.24, 2.45) is 0 Å². The lowest BCUT2D eigenvalue weighted by Gasteiger charge is -2.12. The third-order valence-electron chi connectivity index (χ3n) is 3.76. The van der Waals surface area contributed by atoms with Gasteiger partial charge >= 0.3 is 5.69 Å². The highest BCUT2D eigenvalue weighted by Gasteiger charge is 2.16. The van der Waals surface area contributed by atoms with Crippen LogP contribution in [0.5, 0.6) is 11.5 Å². The van der Waals surface area contributed by atoms with Crippen molar-refractivity contribution in [3.8, 4) is 17.2 Å². The van der Waals surface area contributed by atoms with E-state index in [4.69, 9.17) is 32.7 Å². The summed E-state index contributed by atoms with van der Waals surface area (Å²) in [6, 6.07) is 9.70. The van der Waals surface area contributed by atoms with E-state index in [0.29, 0.717) is 32.9 Å². The van der Waals surface area contributed by atoms with Crippen LogP contribution in [-0.2, 0) is 11.3 Å². The quantitative estimate of drug-likeness (QED) is 0.653. The zero-order chi connectivity index (χ0) is 20.3. The molecule has 0 saturated carbocycles. The summed E-state index contributed by atoms with van der Waals surface area (Å²) >= 11 is 12.2. The molecule has 0 aliphatic carbocycles. The average molecular weight is 424 g/mol. The van der Waals surface area contributed by atoms with Gasteiger partial charge in [-0.1, -0.05) is 35.3 Å². The van der Waals surface area contributed by atoms with Crippen molar-refractivity contribution in [3.05, 3.63) is 56.9 Å². The number of nitrogens with one attached hydrogen (secondary N) is 1. The second-order valence-electron chi connectivity index (χ2n) is 5.52. The molecule has 0 aliphatic rings. The van der Waals surface area contributed by atoms with E-state index in [1.165, 1.54) is 26.4 Å². The second kappa shape index (κ2) is 8.32. The number of halogens is 2. The lowest BCUT2D eigenvalue weighted by atomic mass is 10.2. The van der Waals surface area contributed by atoms with E-state index < -0.39 is 11.6 Å². The highest BCUT2D eigenvalue weighted by molar-refractivity contribution is 6.32. The monoisotopic (exact) mass is 423 g/mol. The molecule has 3 rings (SSSR count). The number of hydrogen-bond acceptors (Lipinski definition) is 6. The Bertz CT molecular complexity index is 1080. The van der Waals surface area contributed by atoms with Gasteiger partial charge in [0.05, 0.1) is 35.6 Å². The van der Waals surface area contributed by atoms with Crippen LogP contribution < -0.4 is 20.5 Å². The fourth-order valence-corrected chi connectivity index (χ4v) is 2.89. The minimum absolute atomic E-state index is 0.292. The van der Waals surface area contributed by atoms with E-state index in [2.05, 4.69) is 15.7 Å². The first-order valence-corrected chi connectivity index (χ1v) is 8.69. The van der Waals surface area contributed by atoms with Gasteiger partial charge in [-0.3, -0.25) is 4.79 Å². The number of hydrogen-bond donors (Lipinski definition) is 1. The third kappa shape index (κ3) is 3.95. The van der Waals surface area contributed by atoms with Gasteiger partial charge in [0.15, 0.2) is 0 Å². The number of benzene rings is 2. The SMILES string of the molecule is COc1cc(OC)c(NC(=O)Cn2nnn(-c3ccccc3Cl)c2=O)cc1Cl. The van der Waals surface area contributed by atoms with E-state index in [1.54, 1.807) is 24.3 Å². The number of amides is 1. The number of methoxy groups -OCH3 is 2. The van der Waals surface area contributed by atoms with E-state index in [0.717, 1.165) is 9.36 Å². The normalized spacial score (nSPS) is 10.6. The van der Waals surface area contributed by atoms with Gasteiger partial charge in [0.2, 0.25) is 5.91 Å². The van der Waals surface area contributed by atoms with Crippen molar-refractivity contribution in [1.82, 2.24) is 19.8 Å². The van der Waals surface area contributed by atoms with Crippen molar-refractivity contribution in [2.75, 3.05) is 19.5 Å². The number of rotatable bonds is 6. The number of para-hydroxylation sites is 1. The van der Waals surface area contributed by atoms with Crippen LogP contribution >= 0.6 is 23.2 Å². The molecule has 3 aromatic rings. The Morgan fingerprint density at radius 1 is 1.07 bits per heavy atom. The first-order valence-electron chi connectivity index (χ1n) is 7.93. The predicted molar refractivity (Wildman–Crippen MR) is 104 cm³/mol. The van der Waals surface area contributed by atoms with Gasteiger partial charge in [0.1, 0.15) is 18.0 Å². The minimum atomic E-state index is -0.608. The average Bonchev–Trinajstić information content (AvgIpc) is 3.02. The van der Waals surface area contributed by atoms with Crippen LogP contribution in [0, 0.1) is 0 Å². The maximum absolute atomic E-state index is 12.5. The zero-order valence-corrected chi connectivity index (χ0v) is 16.4. The van der Waals surface area contributed by atoms with Gasteiger partial charge in [-0.25, -0.2) is 4.79 Å². The Kier molecular flexibility index (Phi) is 5.86. The number of nitrogens with zero attached hydrogens (tertiary/aromatic N) is 4. The maximum atomic E-state index is 12.5. The Labute approximate surface area is 169 Å². The van der Waals surface area contributed by atoms with E-state index in [1.807, 2.05) is 0 Å². The molecule has 0 bridgehead atoms. The molecule has 0 radical (unpaired) electrons. The number of carbonyl (C=O) groups excluding carboxylic acids is 1. The fourth-order valence-electron chi connectivity index (χ4n) is 2.43. The van der Waals surface area contributed by atoms with E-state index in [-0.39, 0.29) is 6.54 Å². The fraction of sp³-hybridized carbons (Fsp3) is 0.176. The van der Waals surface area contributed by atoms with Crippen molar-refractivity contribution >= 4 is 34.8 Å². The summed E-state index contributed by atoms with van der Waals surface area (Å²) in [4.78, 5) is 24.8. The molecule has 0 saturated heterocycles. The molecule has 0 unspecified atom stereocenters. The first-order chi connectivity index (χ1) is 13.4. The molecule has 1 aromatic heterocycles. The molecule has 0 aliphatic heterocycles. The van der Waals surface area contributed by atoms with Crippen LogP contribution in [0.15, 0.2) is 41.2 Å². The molecule has 2 aromatic carbocycles. The zero-order valence-electron chi connectivity index (χ0n) is 14.8. The second-order valence-corrected chi connectivity index (χ2v) is 6.33. The number of aromatic nitrogens is 4. The summed E-state index contributed by atoms with van der Waals surface area (Å²) in [6.45, 7) is -0.365. The molecule has 0 atom stereocenters. The lowest BCUT2D eigenvalue weighted by Crippen LogP contribution is -2.29. The minimum Gasteiger partial charge on any atom is -0.495 e. The van der Waals surface area contributed by atoms with Crippen molar-refractivity contribution in [2.45, 2.75) is 6.54 Å². The van der Waals surface area contributed by atoms with Crippen molar-refractivity contribution in [3.63, 3.8) is 0 Å². The number of ether oxygens (including phenoxy) is 2. The van der Waals surface area contributed by atoms with Crippen LogP contribution in [0.4, 0.5) is 5.69 Å². The summed E-state index contributed by atoms with van der Waals surface area (Å²) in [5.41, 5.74) is 0.0808. The Hall–Kier alpha value is -3.04. The van der Waals surface area contributed by atoms with E-state index in [9.17, 15) is 9.59 Å². The van der Waals surface area contributed by atoms with Gasteiger partial charge in [-0.05, 0) is 28.6 Å². The molecule has 1 heterocycles. The first kappa shape index (κ1) is 19.7. The Morgan fingerprint density at radius 2 is 1.79 bits per heavy atom. The largest absolute Gasteiger partial charge is 0.495 e. The summed E-state index contributed by atoms with van der Waals surface area (Å²) in [5, 5.41) is 10.7. The van der Waals surface area contributed by atoms with Gasteiger partial charge in [0.25, 0.3) is 0 Å². The van der Waals surface area contributed by atoms with Crippen LogP contribution in [0.2, 0.25) is 10.0 Å². The van der Waals surface area contributed by atoms with Crippen LogP contribution in [0.25, 0.3) is 5.69 Å². The Balaban J connectivity index is 1.81. The molecule has 146 valence electrons. The van der Waals surface area contributed by atoms with Gasteiger partial charge in [-0.15, -0.1) is 0 Å². The molecule has 0 fully saturated rings. The van der Waals surface area contributed by atoms with Gasteiger partial charge in [-0.2, -0.15) is 9.36 Å². The highest BCUT2D eigenvalue weighted by atomic mass is 35.5. The van der Waals surface area contributed by atoms with Gasteiger partial charge < -0.3 is 14.8 Å².